The maximum Gasteiger partial charge on any atom is 0.257 e. The van der Waals surface area contributed by atoms with Gasteiger partial charge in [0, 0.05) is 24.2 Å². The first-order chi connectivity index (χ1) is 9.17. The van der Waals surface area contributed by atoms with E-state index in [-0.39, 0.29) is 11.9 Å². The zero-order chi connectivity index (χ0) is 13.8. The van der Waals surface area contributed by atoms with E-state index in [0.29, 0.717) is 22.9 Å². The van der Waals surface area contributed by atoms with E-state index in [1.165, 1.54) is 0 Å². The number of hydrogen-bond acceptors (Lipinski definition) is 3. The highest BCUT2D eigenvalue weighted by Gasteiger charge is 2.27. The summed E-state index contributed by atoms with van der Waals surface area (Å²) < 4.78 is 5.26. The average molecular weight is 283 g/mol. The smallest absolute Gasteiger partial charge is 0.257 e. The number of nitrogens with one attached hydrogen (secondary N) is 1. The van der Waals surface area contributed by atoms with Gasteiger partial charge in [-0.1, -0.05) is 11.6 Å². The van der Waals surface area contributed by atoms with Crippen molar-refractivity contribution in [3.8, 4) is 5.75 Å². The summed E-state index contributed by atoms with van der Waals surface area (Å²) in [6.07, 6.45) is 0.996. The first-order valence-electron chi connectivity index (χ1n) is 6.52. The second-order valence-electron chi connectivity index (χ2n) is 4.58. The van der Waals surface area contributed by atoms with Crippen LogP contribution >= 0.6 is 11.6 Å². The molecule has 2 rings (SSSR count). The maximum atomic E-state index is 12.6. The van der Waals surface area contributed by atoms with Crippen LogP contribution in [0.3, 0.4) is 0 Å². The van der Waals surface area contributed by atoms with E-state index >= 15 is 0 Å². The zero-order valence-corrected chi connectivity index (χ0v) is 12.0. The number of halogens is 1. The van der Waals surface area contributed by atoms with Crippen LogP contribution in [0.2, 0.25) is 5.02 Å². The van der Waals surface area contributed by atoms with Crippen molar-refractivity contribution in [1.82, 2.24) is 10.2 Å². The molecule has 0 radical (unpaired) electrons. The fraction of sp³-hybridized carbons (Fsp3) is 0.500. The Morgan fingerprint density at radius 2 is 2.37 bits per heavy atom. The monoisotopic (exact) mass is 282 g/mol. The number of methoxy groups -OCH3 is 1. The van der Waals surface area contributed by atoms with Gasteiger partial charge in [-0.25, -0.2) is 0 Å². The molecular weight excluding hydrogens is 264 g/mol. The fourth-order valence-electron chi connectivity index (χ4n) is 2.47. The number of nitrogens with zero attached hydrogens (tertiary/aromatic N) is 1. The van der Waals surface area contributed by atoms with Crippen molar-refractivity contribution in [1.29, 1.82) is 0 Å². The summed E-state index contributed by atoms with van der Waals surface area (Å²) in [5, 5.41) is 3.85. The van der Waals surface area contributed by atoms with Crippen LogP contribution in [0.1, 0.15) is 23.7 Å². The third-order valence-electron chi connectivity index (χ3n) is 3.47. The van der Waals surface area contributed by atoms with E-state index in [1.54, 1.807) is 25.3 Å². The topological polar surface area (TPSA) is 41.6 Å². The number of carbonyl (C=O) groups excluding carboxylic acids is 1. The van der Waals surface area contributed by atoms with Crippen molar-refractivity contribution >= 4 is 17.5 Å². The van der Waals surface area contributed by atoms with Gasteiger partial charge >= 0.3 is 0 Å². The Bertz CT molecular complexity index is 459. The highest BCUT2D eigenvalue weighted by atomic mass is 35.5. The Morgan fingerprint density at radius 3 is 2.95 bits per heavy atom. The minimum atomic E-state index is 0.00437. The summed E-state index contributed by atoms with van der Waals surface area (Å²) in [7, 11) is 1.55. The molecule has 1 atom stereocenters. The predicted molar refractivity (Wildman–Crippen MR) is 76.0 cm³/mol. The SMILES string of the molecule is CCN(C(=O)c1ccc(Cl)cc1OC)C1CCNC1. The second kappa shape index (κ2) is 6.26. The molecule has 1 N–H and O–H groups in total. The number of rotatable bonds is 4. The molecule has 4 nitrogen and oxygen atoms in total. The largest absolute Gasteiger partial charge is 0.496 e. The molecule has 0 bridgehead atoms. The van der Waals surface area contributed by atoms with E-state index < -0.39 is 0 Å². The molecule has 1 amide bonds. The van der Waals surface area contributed by atoms with Crippen LogP contribution < -0.4 is 10.1 Å². The summed E-state index contributed by atoms with van der Waals surface area (Å²) in [6, 6.07) is 5.39. The van der Waals surface area contributed by atoms with Gasteiger partial charge in [0.25, 0.3) is 5.91 Å². The van der Waals surface area contributed by atoms with Gasteiger partial charge in [0.2, 0.25) is 0 Å². The van der Waals surface area contributed by atoms with Gasteiger partial charge in [0.05, 0.1) is 12.7 Å². The number of ether oxygens (including phenoxy) is 1. The van der Waals surface area contributed by atoms with Gasteiger partial charge in [-0.2, -0.15) is 0 Å². The fourth-order valence-corrected chi connectivity index (χ4v) is 2.63. The molecule has 1 aromatic carbocycles. The zero-order valence-electron chi connectivity index (χ0n) is 11.3. The number of carbonyl (C=O) groups is 1. The normalized spacial score (nSPS) is 18.4. The van der Waals surface area contributed by atoms with Crippen LogP contribution in [-0.2, 0) is 0 Å². The molecule has 5 heteroatoms. The van der Waals surface area contributed by atoms with Crippen molar-refractivity contribution < 1.29 is 9.53 Å². The van der Waals surface area contributed by atoms with Gasteiger partial charge < -0.3 is 15.0 Å². The van der Waals surface area contributed by atoms with Crippen LogP contribution in [0.5, 0.6) is 5.75 Å². The van der Waals surface area contributed by atoms with E-state index in [1.807, 2.05) is 11.8 Å². The quantitative estimate of drug-likeness (QED) is 0.920. The second-order valence-corrected chi connectivity index (χ2v) is 5.02. The number of amides is 1. The standard InChI is InChI=1S/C14H19ClN2O2/c1-3-17(11-6-7-16-9-11)14(18)12-5-4-10(15)8-13(12)19-2/h4-5,8,11,16H,3,6-7,9H2,1-2H3. The Morgan fingerprint density at radius 1 is 1.58 bits per heavy atom. The molecule has 1 unspecified atom stereocenters. The molecule has 0 spiro atoms. The highest BCUT2D eigenvalue weighted by Crippen LogP contribution is 2.25. The van der Waals surface area contributed by atoms with Gasteiger partial charge in [-0.15, -0.1) is 0 Å². The van der Waals surface area contributed by atoms with Gasteiger partial charge in [0.1, 0.15) is 5.75 Å². The third kappa shape index (κ3) is 3.01. The molecule has 1 saturated heterocycles. The summed E-state index contributed by atoms with van der Waals surface area (Å²) in [5.74, 6) is 0.534. The average Bonchev–Trinajstić information content (AvgIpc) is 2.93. The number of hydrogen-bond donors (Lipinski definition) is 1. The summed E-state index contributed by atoms with van der Waals surface area (Å²) in [4.78, 5) is 14.5. The van der Waals surface area contributed by atoms with Crippen molar-refractivity contribution in [2.24, 2.45) is 0 Å². The molecular formula is C14H19ClN2O2. The molecule has 19 heavy (non-hydrogen) atoms. The van der Waals surface area contributed by atoms with Crippen LogP contribution in [0, 0.1) is 0 Å². The lowest BCUT2D eigenvalue weighted by molar-refractivity contribution is 0.0700. The first-order valence-corrected chi connectivity index (χ1v) is 6.90. The van der Waals surface area contributed by atoms with Crippen LogP contribution in [0.15, 0.2) is 18.2 Å². The highest BCUT2D eigenvalue weighted by molar-refractivity contribution is 6.30. The van der Waals surface area contributed by atoms with Gasteiger partial charge in [-0.3, -0.25) is 4.79 Å². The molecule has 1 heterocycles. The summed E-state index contributed by atoms with van der Waals surface area (Å²) >= 11 is 5.93. The Balaban J connectivity index is 2.26. The first kappa shape index (κ1) is 14.2. The minimum Gasteiger partial charge on any atom is -0.496 e. The maximum absolute atomic E-state index is 12.6. The molecule has 1 aromatic rings. The Kier molecular flexibility index (Phi) is 4.66. The van der Waals surface area contributed by atoms with E-state index in [2.05, 4.69) is 5.32 Å². The van der Waals surface area contributed by atoms with Crippen LogP contribution in [-0.4, -0.2) is 43.6 Å². The lowest BCUT2D eigenvalue weighted by Gasteiger charge is -2.27. The molecule has 104 valence electrons. The van der Waals surface area contributed by atoms with E-state index in [0.717, 1.165) is 19.5 Å². The van der Waals surface area contributed by atoms with Crippen molar-refractivity contribution in [2.45, 2.75) is 19.4 Å². The number of benzene rings is 1. The van der Waals surface area contributed by atoms with Gasteiger partial charge in [-0.05, 0) is 38.1 Å². The lowest BCUT2D eigenvalue weighted by Crippen LogP contribution is -2.41. The van der Waals surface area contributed by atoms with Crippen LogP contribution in [0.25, 0.3) is 0 Å². The molecule has 0 aromatic heterocycles. The molecule has 0 saturated carbocycles. The van der Waals surface area contributed by atoms with E-state index in [4.69, 9.17) is 16.3 Å². The van der Waals surface area contributed by atoms with Crippen molar-refractivity contribution in [3.05, 3.63) is 28.8 Å². The number of likely N-dealkylation sites (N-methyl/N-ethyl adjacent to an activating group) is 1. The van der Waals surface area contributed by atoms with Crippen molar-refractivity contribution in [3.63, 3.8) is 0 Å². The lowest BCUT2D eigenvalue weighted by atomic mass is 10.1. The molecule has 1 fully saturated rings. The van der Waals surface area contributed by atoms with Crippen molar-refractivity contribution in [2.75, 3.05) is 26.7 Å². The summed E-state index contributed by atoms with van der Waals surface area (Å²) in [5.41, 5.74) is 0.570. The predicted octanol–water partition coefficient (Wildman–Crippen LogP) is 2.17. The molecule has 0 aliphatic carbocycles. The Labute approximate surface area is 118 Å². The molecule has 1 aliphatic heterocycles. The summed E-state index contributed by atoms with van der Waals surface area (Å²) in [6.45, 7) is 4.51. The van der Waals surface area contributed by atoms with E-state index in [9.17, 15) is 4.79 Å². The Hall–Kier alpha value is -1.26. The van der Waals surface area contributed by atoms with Gasteiger partial charge in [0.15, 0.2) is 0 Å². The molecule has 1 aliphatic rings. The third-order valence-corrected chi connectivity index (χ3v) is 3.71. The van der Waals surface area contributed by atoms with Crippen LogP contribution in [0.4, 0.5) is 0 Å². The minimum absolute atomic E-state index is 0.00437.